The highest BCUT2D eigenvalue weighted by Crippen LogP contribution is 2.26. The second-order valence-electron chi connectivity index (χ2n) is 6.26. The van der Waals surface area contributed by atoms with Crippen LogP contribution in [0.4, 0.5) is 4.39 Å². The molecule has 5 heteroatoms. The number of hydrogen-bond donors (Lipinski definition) is 1. The molecule has 1 aliphatic heterocycles. The Morgan fingerprint density at radius 2 is 2.00 bits per heavy atom. The summed E-state index contributed by atoms with van der Waals surface area (Å²) in [6.07, 6.45) is 3.57. The molecule has 1 saturated heterocycles. The van der Waals surface area contributed by atoms with Gasteiger partial charge in [0.2, 0.25) is 11.6 Å². The molecule has 1 amide bonds. The van der Waals surface area contributed by atoms with Crippen LogP contribution >= 0.6 is 0 Å². The molecule has 0 bridgehead atoms. The van der Waals surface area contributed by atoms with Crippen LogP contribution in [0.15, 0.2) is 30.3 Å². The number of amides is 1. The van der Waals surface area contributed by atoms with Crippen LogP contribution < -0.4 is 0 Å². The molecule has 0 saturated carbocycles. The molecule has 2 rings (SSSR count). The molecule has 1 aliphatic rings. The van der Waals surface area contributed by atoms with E-state index in [9.17, 15) is 14.0 Å². The van der Waals surface area contributed by atoms with Crippen molar-refractivity contribution >= 4 is 18.0 Å². The number of carboxylic acids is 1. The molecule has 23 heavy (non-hydrogen) atoms. The summed E-state index contributed by atoms with van der Waals surface area (Å²) >= 11 is 0. The Balaban J connectivity index is 1.88. The third kappa shape index (κ3) is 4.18. The molecule has 1 atom stereocenters. The van der Waals surface area contributed by atoms with Gasteiger partial charge in [0.1, 0.15) is 0 Å². The SMILES string of the molecule is CC(C)c1ccc(/C=C/CC(=O)N2CCC(F)(C(=O)O)C2)cc1. The Bertz CT molecular complexity index is 609. The molecule has 0 aliphatic carbocycles. The number of likely N-dealkylation sites (tertiary alicyclic amines) is 1. The van der Waals surface area contributed by atoms with E-state index in [4.69, 9.17) is 5.11 Å². The third-order valence-electron chi connectivity index (χ3n) is 4.16. The summed E-state index contributed by atoms with van der Waals surface area (Å²) in [6.45, 7) is 4.04. The van der Waals surface area contributed by atoms with E-state index in [1.165, 1.54) is 10.5 Å². The highest BCUT2D eigenvalue weighted by atomic mass is 19.1. The molecule has 1 N–H and O–H groups in total. The fourth-order valence-electron chi connectivity index (χ4n) is 2.58. The Kier molecular flexibility index (Phi) is 5.19. The average molecular weight is 319 g/mol. The monoisotopic (exact) mass is 319 g/mol. The van der Waals surface area contributed by atoms with Crippen molar-refractivity contribution in [2.24, 2.45) is 0 Å². The molecule has 4 nitrogen and oxygen atoms in total. The first kappa shape index (κ1) is 17.2. The van der Waals surface area contributed by atoms with Crippen LogP contribution in [-0.2, 0) is 9.59 Å². The zero-order chi connectivity index (χ0) is 17.0. The lowest BCUT2D eigenvalue weighted by atomic mass is 10.0. The molecule has 0 radical (unpaired) electrons. The Hall–Kier alpha value is -2.17. The Morgan fingerprint density at radius 1 is 1.35 bits per heavy atom. The third-order valence-corrected chi connectivity index (χ3v) is 4.16. The highest BCUT2D eigenvalue weighted by Gasteiger charge is 2.46. The highest BCUT2D eigenvalue weighted by molar-refractivity contribution is 5.83. The first-order valence-electron chi connectivity index (χ1n) is 7.78. The summed E-state index contributed by atoms with van der Waals surface area (Å²) in [6, 6.07) is 8.08. The van der Waals surface area contributed by atoms with Gasteiger partial charge in [-0.05, 0) is 17.0 Å². The number of carbonyl (C=O) groups is 2. The van der Waals surface area contributed by atoms with E-state index in [1.807, 2.05) is 18.2 Å². The fraction of sp³-hybridized carbons (Fsp3) is 0.444. The maximum Gasteiger partial charge on any atom is 0.343 e. The van der Waals surface area contributed by atoms with Crippen LogP contribution in [0, 0.1) is 0 Å². The van der Waals surface area contributed by atoms with E-state index in [2.05, 4.69) is 26.0 Å². The van der Waals surface area contributed by atoms with Crippen molar-refractivity contribution in [3.8, 4) is 0 Å². The molecule has 1 unspecified atom stereocenters. The van der Waals surface area contributed by atoms with Crippen LogP contribution in [0.2, 0.25) is 0 Å². The second kappa shape index (κ2) is 6.94. The quantitative estimate of drug-likeness (QED) is 0.906. The van der Waals surface area contributed by atoms with Crippen molar-refractivity contribution in [3.05, 3.63) is 41.5 Å². The lowest BCUT2D eigenvalue weighted by Gasteiger charge is -2.16. The van der Waals surface area contributed by atoms with Crippen LogP contribution in [-0.4, -0.2) is 40.6 Å². The normalized spacial score (nSPS) is 21.3. The molecular formula is C18H22FNO3. The van der Waals surface area contributed by atoms with Crippen LogP contribution in [0.5, 0.6) is 0 Å². The van der Waals surface area contributed by atoms with Gasteiger partial charge >= 0.3 is 5.97 Å². The van der Waals surface area contributed by atoms with Gasteiger partial charge in [0.25, 0.3) is 0 Å². The van der Waals surface area contributed by atoms with E-state index in [0.29, 0.717) is 5.92 Å². The largest absolute Gasteiger partial charge is 0.479 e. The lowest BCUT2D eigenvalue weighted by molar-refractivity contribution is -0.150. The summed E-state index contributed by atoms with van der Waals surface area (Å²) in [5, 5.41) is 8.83. The van der Waals surface area contributed by atoms with Gasteiger partial charge in [0.05, 0.1) is 6.54 Å². The molecule has 0 aromatic heterocycles. The van der Waals surface area contributed by atoms with Gasteiger partial charge < -0.3 is 10.0 Å². The summed E-state index contributed by atoms with van der Waals surface area (Å²) in [7, 11) is 0. The van der Waals surface area contributed by atoms with E-state index >= 15 is 0 Å². The number of aliphatic carboxylic acids is 1. The van der Waals surface area contributed by atoms with Gasteiger partial charge in [-0.15, -0.1) is 0 Å². The van der Waals surface area contributed by atoms with Crippen LogP contribution in [0.1, 0.15) is 43.7 Å². The molecule has 1 fully saturated rings. The van der Waals surface area contributed by atoms with Crippen LogP contribution in [0.25, 0.3) is 6.08 Å². The number of benzene rings is 1. The average Bonchev–Trinajstić information content (AvgIpc) is 2.92. The summed E-state index contributed by atoms with van der Waals surface area (Å²) < 4.78 is 13.9. The molecule has 1 aromatic carbocycles. The first-order valence-corrected chi connectivity index (χ1v) is 7.78. The van der Waals surface area contributed by atoms with Crippen molar-refractivity contribution in [3.63, 3.8) is 0 Å². The molecular weight excluding hydrogens is 297 g/mol. The van der Waals surface area contributed by atoms with Gasteiger partial charge in [-0.3, -0.25) is 4.79 Å². The molecule has 1 aromatic rings. The fourth-order valence-corrected chi connectivity index (χ4v) is 2.58. The molecule has 124 valence electrons. The number of rotatable bonds is 5. The minimum atomic E-state index is -2.30. The smallest absolute Gasteiger partial charge is 0.343 e. The van der Waals surface area contributed by atoms with Crippen molar-refractivity contribution in [1.82, 2.24) is 4.90 Å². The summed E-state index contributed by atoms with van der Waals surface area (Å²) in [5.74, 6) is -1.27. The van der Waals surface area contributed by atoms with Gasteiger partial charge in [0.15, 0.2) is 0 Å². The summed E-state index contributed by atoms with van der Waals surface area (Å²) in [5.41, 5.74) is -0.0521. The predicted octanol–water partition coefficient (Wildman–Crippen LogP) is 3.24. The number of carbonyl (C=O) groups excluding carboxylic acids is 1. The Morgan fingerprint density at radius 3 is 2.52 bits per heavy atom. The zero-order valence-corrected chi connectivity index (χ0v) is 13.5. The topological polar surface area (TPSA) is 57.6 Å². The first-order chi connectivity index (χ1) is 10.8. The van der Waals surface area contributed by atoms with Crippen molar-refractivity contribution in [1.29, 1.82) is 0 Å². The Labute approximate surface area is 135 Å². The van der Waals surface area contributed by atoms with E-state index in [0.717, 1.165) is 5.56 Å². The van der Waals surface area contributed by atoms with Crippen molar-refractivity contribution in [2.45, 2.75) is 38.3 Å². The number of hydrogen-bond acceptors (Lipinski definition) is 2. The van der Waals surface area contributed by atoms with Crippen molar-refractivity contribution < 1.29 is 19.1 Å². The number of carboxylic acid groups (broad SMARTS) is 1. The second-order valence-corrected chi connectivity index (χ2v) is 6.26. The predicted molar refractivity (Wildman–Crippen MR) is 86.9 cm³/mol. The van der Waals surface area contributed by atoms with Gasteiger partial charge in [-0.1, -0.05) is 50.3 Å². The van der Waals surface area contributed by atoms with E-state index in [1.54, 1.807) is 6.08 Å². The minimum absolute atomic E-state index is 0.141. The maximum absolute atomic E-state index is 13.9. The lowest BCUT2D eigenvalue weighted by Crippen LogP contribution is -2.38. The van der Waals surface area contributed by atoms with Gasteiger partial charge in [-0.25, -0.2) is 9.18 Å². The minimum Gasteiger partial charge on any atom is -0.479 e. The van der Waals surface area contributed by atoms with Crippen molar-refractivity contribution in [2.75, 3.05) is 13.1 Å². The number of alkyl halides is 1. The number of halogens is 1. The van der Waals surface area contributed by atoms with Gasteiger partial charge in [-0.2, -0.15) is 0 Å². The zero-order valence-electron chi connectivity index (χ0n) is 13.5. The molecule has 1 heterocycles. The van der Waals surface area contributed by atoms with E-state index < -0.39 is 11.6 Å². The molecule has 0 spiro atoms. The summed E-state index contributed by atoms with van der Waals surface area (Å²) in [4.78, 5) is 24.1. The van der Waals surface area contributed by atoms with Crippen LogP contribution in [0.3, 0.4) is 0 Å². The maximum atomic E-state index is 13.9. The number of nitrogens with zero attached hydrogens (tertiary/aromatic N) is 1. The van der Waals surface area contributed by atoms with E-state index in [-0.39, 0.29) is 31.8 Å². The van der Waals surface area contributed by atoms with Gasteiger partial charge in [0, 0.05) is 19.4 Å². The standard InChI is InChI=1S/C18H22FNO3/c1-13(2)15-8-6-14(7-9-15)4-3-5-16(21)20-11-10-18(19,12-20)17(22)23/h3-4,6-9,13H,5,10-12H2,1-2H3,(H,22,23)/b4-3+.